The zero-order chi connectivity index (χ0) is 21.8. The van der Waals surface area contributed by atoms with E-state index in [2.05, 4.69) is 12.2 Å². The van der Waals surface area contributed by atoms with Crippen molar-refractivity contribution in [3.8, 4) is 11.5 Å². The van der Waals surface area contributed by atoms with Crippen LogP contribution in [0.4, 0.5) is 0 Å². The maximum atomic E-state index is 12.3. The fourth-order valence-electron chi connectivity index (χ4n) is 3.16. The lowest BCUT2D eigenvalue weighted by molar-refractivity contribution is -0.134. The Bertz CT molecular complexity index is 628. The van der Waals surface area contributed by atoms with Gasteiger partial charge < -0.3 is 19.9 Å². The van der Waals surface area contributed by atoms with Crippen molar-refractivity contribution < 1.29 is 19.4 Å². The molecular weight excluding hydrogens is 366 g/mol. The topological polar surface area (TPSA) is 67.8 Å². The lowest BCUT2D eigenvalue weighted by Crippen LogP contribution is -2.35. The third kappa shape index (κ3) is 9.64. The van der Waals surface area contributed by atoms with E-state index in [1.54, 1.807) is 0 Å². The van der Waals surface area contributed by atoms with E-state index in [4.69, 9.17) is 9.47 Å². The molecule has 0 bridgehead atoms. The summed E-state index contributed by atoms with van der Waals surface area (Å²) in [5.74, 6) is 1.18. The van der Waals surface area contributed by atoms with Gasteiger partial charge in [-0.3, -0.25) is 4.79 Å². The van der Waals surface area contributed by atoms with Gasteiger partial charge in [-0.15, -0.1) is 0 Å². The summed E-state index contributed by atoms with van der Waals surface area (Å²) in [5.41, 5.74) is 2.71. The van der Waals surface area contributed by atoms with E-state index < -0.39 is 6.10 Å². The summed E-state index contributed by atoms with van der Waals surface area (Å²) in [6.07, 6.45) is 6.75. The summed E-state index contributed by atoms with van der Waals surface area (Å²) in [6.45, 7) is 12.8. The summed E-state index contributed by atoms with van der Waals surface area (Å²) < 4.78 is 11.5. The molecule has 5 heteroatoms. The number of carbonyl (C=O) groups excluding carboxylic acids is 1. The molecule has 29 heavy (non-hydrogen) atoms. The lowest BCUT2D eigenvalue weighted by atomic mass is 10.0. The van der Waals surface area contributed by atoms with Gasteiger partial charge in [0.1, 0.15) is 24.2 Å². The summed E-state index contributed by atoms with van der Waals surface area (Å²) in [7, 11) is 0. The number of carbonyl (C=O) groups is 1. The third-order valence-electron chi connectivity index (χ3n) is 5.12. The lowest BCUT2D eigenvalue weighted by Gasteiger charge is -2.19. The highest BCUT2D eigenvalue weighted by atomic mass is 16.5. The number of benzene rings is 1. The average molecular weight is 408 g/mol. The van der Waals surface area contributed by atoms with Crippen molar-refractivity contribution >= 4 is 5.97 Å². The molecule has 1 atom stereocenters. The number of hydrogen-bond acceptors (Lipinski definition) is 5. The molecule has 0 fully saturated rings. The van der Waals surface area contributed by atoms with E-state index in [9.17, 15) is 9.90 Å². The molecule has 0 radical (unpaired) electrons. The zero-order valence-electron chi connectivity index (χ0n) is 19.3. The molecule has 2 N–H and O–H groups in total. The van der Waals surface area contributed by atoms with Gasteiger partial charge in [-0.25, -0.2) is 0 Å². The molecule has 0 aliphatic heterocycles. The van der Waals surface area contributed by atoms with Crippen molar-refractivity contribution in [2.24, 2.45) is 0 Å². The van der Waals surface area contributed by atoms with Gasteiger partial charge in [0.25, 0.3) is 0 Å². The molecule has 1 unspecified atom stereocenters. The largest absolute Gasteiger partial charge is 0.491 e. The number of nitrogens with one attached hydrogen (secondary N) is 1. The summed E-state index contributed by atoms with van der Waals surface area (Å²) >= 11 is 0. The van der Waals surface area contributed by atoms with Crippen molar-refractivity contribution in [1.29, 1.82) is 0 Å². The van der Waals surface area contributed by atoms with E-state index in [-0.39, 0.29) is 12.6 Å². The van der Waals surface area contributed by atoms with Crippen LogP contribution in [-0.2, 0) is 4.79 Å². The number of aliphatic hydroxyl groups is 1. The molecule has 0 aromatic heterocycles. The zero-order valence-corrected chi connectivity index (χ0v) is 19.3. The van der Waals surface area contributed by atoms with Gasteiger partial charge in [0, 0.05) is 19.0 Å². The second kappa shape index (κ2) is 13.6. The minimum atomic E-state index is -0.577. The van der Waals surface area contributed by atoms with Crippen molar-refractivity contribution in [1.82, 2.24) is 5.32 Å². The van der Waals surface area contributed by atoms with E-state index in [0.29, 0.717) is 24.8 Å². The molecular formula is C24H41NO4. The Balaban J connectivity index is 2.59. The molecule has 0 saturated heterocycles. The molecule has 1 aromatic rings. The Kier molecular flexibility index (Phi) is 11.9. The third-order valence-corrected chi connectivity index (χ3v) is 5.12. The van der Waals surface area contributed by atoms with Crippen molar-refractivity contribution in [3.63, 3.8) is 0 Å². The van der Waals surface area contributed by atoms with Gasteiger partial charge in [-0.05, 0) is 49.9 Å². The Morgan fingerprint density at radius 2 is 1.72 bits per heavy atom. The molecule has 1 aromatic carbocycles. The first-order valence-electron chi connectivity index (χ1n) is 11.1. The van der Waals surface area contributed by atoms with Crippen LogP contribution in [0, 0.1) is 20.8 Å². The maximum Gasteiger partial charge on any atom is 0.311 e. The van der Waals surface area contributed by atoms with E-state index in [1.807, 2.05) is 40.7 Å². The highest BCUT2D eigenvalue weighted by Gasteiger charge is 2.16. The van der Waals surface area contributed by atoms with E-state index >= 15 is 0 Å². The van der Waals surface area contributed by atoms with Gasteiger partial charge in [0.05, 0.1) is 0 Å². The average Bonchev–Trinajstić information content (AvgIpc) is 2.68. The first-order chi connectivity index (χ1) is 13.8. The Morgan fingerprint density at radius 1 is 1.07 bits per heavy atom. The molecule has 0 aliphatic carbocycles. The van der Waals surface area contributed by atoms with Crippen LogP contribution in [0.15, 0.2) is 6.07 Å². The monoisotopic (exact) mass is 407 g/mol. The minimum absolute atomic E-state index is 0.171. The van der Waals surface area contributed by atoms with E-state index in [0.717, 1.165) is 35.3 Å². The van der Waals surface area contributed by atoms with Gasteiger partial charge in [0.2, 0.25) is 0 Å². The van der Waals surface area contributed by atoms with Crippen LogP contribution in [0.1, 0.15) is 82.4 Å². The van der Waals surface area contributed by atoms with Gasteiger partial charge in [-0.2, -0.15) is 0 Å². The minimum Gasteiger partial charge on any atom is -0.491 e. The fraction of sp³-hybridized carbons (Fsp3) is 0.708. The van der Waals surface area contributed by atoms with Crippen LogP contribution >= 0.6 is 0 Å². The normalized spacial score (nSPS) is 12.3. The molecule has 0 amide bonds. The summed E-state index contributed by atoms with van der Waals surface area (Å²) in [5, 5.41) is 13.2. The first-order valence-corrected chi connectivity index (χ1v) is 11.1. The highest BCUT2D eigenvalue weighted by Crippen LogP contribution is 2.33. The highest BCUT2D eigenvalue weighted by molar-refractivity contribution is 5.73. The Morgan fingerprint density at radius 3 is 2.38 bits per heavy atom. The molecule has 5 nitrogen and oxygen atoms in total. The molecule has 1 rings (SSSR count). The Hall–Kier alpha value is -1.59. The number of ether oxygens (including phenoxy) is 2. The van der Waals surface area contributed by atoms with Crippen LogP contribution in [0.5, 0.6) is 11.5 Å². The SMILES string of the molecule is CCCCCCCCC(=O)Oc1c(C)cc(OCC(O)CNC(C)C)c(C)c1C. The molecule has 0 heterocycles. The molecule has 0 aliphatic rings. The number of unbranched alkanes of at least 4 members (excludes halogenated alkanes) is 5. The summed E-state index contributed by atoms with van der Waals surface area (Å²) in [6, 6.07) is 2.21. The number of hydrogen-bond donors (Lipinski definition) is 2. The quantitative estimate of drug-likeness (QED) is 0.258. The predicted octanol–water partition coefficient (Wildman–Crippen LogP) is 5.01. The van der Waals surface area contributed by atoms with Crippen LogP contribution < -0.4 is 14.8 Å². The van der Waals surface area contributed by atoms with Gasteiger partial charge in [-0.1, -0.05) is 52.9 Å². The maximum absolute atomic E-state index is 12.3. The number of esters is 1. The van der Waals surface area contributed by atoms with Crippen molar-refractivity contribution in [2.45, 2.75) is 98.6 Å². The molecule has 166 valence electrons. The van der Waals surface area contributed by atoms with Crippen molar-refractivity contribution in [2.75, 3.05) is 13.2 Å². The van der Waals surface area contributed by atoms with Crippen LogP contribution in [-0.4, -0.2) is 36.4 Å². The van der Waals surface area contributed by atoms with Gasteiger partial charge in [0.15, 0.2) is 0 Å². The number of rotatable bonds is 14. The van der Waals surface area contributed by atoms with Gasteiger partial charge >= 0.3 is 5.97 Å². The number of aryl methyl sites for hydroxylation is 1. The second-order valence-corrected chi connectivity index (χ2v) is 8.29. The first kappa shape index (κ1) is 25.4. The molecule has 0 saturated carbocycles. The molecule has 0 spiro atoms. The van der Waals surface area contributed by atoms with Crippen LogP contribution in [0.25, 0.3) is 0 Å². The summed E-state index contributed by atoms with van der Waals surface area (Å²) in [4.78, 5) is 12.3. The predicted molar refractivity (Wildman–Crippen MR) is 119 cm³/mol. The van der Waals surface area contributed by atoms with Crippen LogP contribution in [0.2, 0.25) is 0 Å². The standard InChI is InChI=1S/C24H41NO4/c1-7-8-9-10-11-12-13-23(27)29-24-18(4)14-22(19(5)20(24)6)28-16-21(26)15-25-17(2)3/h14,17,21,25-26H,7-13,15-16H2,1-6H3. The Labute approximate surface area is 177 Å². The van der Waals surface area contributed by atoms with Crippen LogP contribution in [0.3, 0.4) is 0 Å². The number of aliphatic hydroxyl groups excluding tert-OH is 1. The van der Waals surface area contributed by atoms with E-state index in [1.165, 1.54) is 25.7 Å². The smallest absolute Gasteiger partial charge is 0.311 e. The fourth-order valence-corrected chi connectivity index (χ4v) is 3.16. The second-order valence-electron chi connectivity index (χ2n) is 8.29. The van der Waals surface area contributed by atoms with Crippen molar-refractivity contribution in [3.05, 3.63) is 22.8 Å².